The van der Waals surface area contributed by atoms with E-state index >= 15 is 0 Å². The number of carboxylic acids is 2. The molecule has 0 radical (unpaired) electrons. The van der Waals surface area contributed by atoms with Crippen molar-refractivity contribution >= 4 is 11.9 Å². The van der Waals surface area contributed by atoms with Crippen LogP contribution in [0.25, 0.3) is 0 Å². The van der Waals surface area contributed by atoms with Gasteiger partial charge >= 0.3 is 11.9 Å². The summed E-state index contributed by atoms with van der Waals surface area (Å²) in [6.07, 6.45) is 5.41. The van der Waals surface area contributed by atoms with Gasteiger partial charge < -0.3 is 10.2 Å². The minimum Gasteiger partial charge on any atom is -0.481 e. The molecule has 0 heterocycles. The molecule has 0 spiro atoms. The second kappa shape index (κ2) is 4.96. The van der Waals surface area contributed by atoms with Crippen molar-refractivity contribution in [3.8, 4) is 0 Å². The van der Waals surface area contributed by atoms with Gasteiger partial charge in [-0.3, -0.25) is 9.59 Å². The molecule has 0 aromatic carbocycles. The fourth-order valence-corrected chi connectivity index (χ4v) is 1.95. The van der Waals surface area contributed by atoms with Crippen LogP contribution in [0.4, 0.5) is 0 Å². The molecule has 0 amide bonds. The maximum absolute atomic E-state index is 11.1. The molecule has 0 fully saturated rings. The van der Waals surface area contributed by atoms with E-state index < -0.39 is 23.8 Å². The molecule has 2 atom stereocenters. The number of rotatable bonds is 4. The fraction of sp³-hybridized carbons (Fsp3) is 0.500. The highest BCUT2D eigenvalue weighted by atomic mass is 16.4. The monoisotopic (exact) mass is 224 g/mol. The standard InChI is InChI=1S/C12H16O4/c1-7(2)6-8-4-3-5-9(11(13)14)10(8)12(15)16/h3-5,7,9-10H,6H2,1-2H3,(H,13,14)(H,15,16). The Morgan fingerprint density at radius 3 is 2.38 bits per heavy atom. The van der Waals surface area contributed by atoms with Gasteiger partial charge in [0.15, 0.2) is 0 Å². The minimum atomic E-state index is -1.09. The topological polar surface area (TPSA) is 74.6 Å². The lowest BCUT2D eigenvalue weighted by atomic mass is 9.79. The molecule has 2 N–H and O–H groups in total. The van der Waals surface area contributed by atoms with Crippen LogP contribution in [0.2, 0.25) is 0 Å². The molecule has 0 saturated carbocycles. The van der Waals surface area contributed by atoms with E-state index in [9.17, 15) is 9.59 Å². The first-order chi connectivity index (χ1) is 7.43. The van der Waals surface area contributed by atoms with Crippen molar-refractivity contribution in [1.82, 2.24) is 0 Å². The van der Waals surface area contributed by atoms with Gasteiger partial charge in [-0.1, -0.05) is 37.6 Å². The number of carbonyl (C=O) groups is 2. The number of aliphatic carboxylic acids is 2. The third-order valence-corrected chi connectivity index (χ3v) is 2.58. The lowest BCUT2D eigenvalue weighted by Crippen LogP contribution is -2.31. The maximum Gasteiger partial charge on any atom is 0.311 e. The Labute approximate surface area is 94.3 Å². The molecule has 0 aliphatic heterocycles. The van der Waals surface area contributed by atoms with E-state index in [2.05, 4.69) is 0 Å². The summed E-state index contributed by atoms with van der Waals surface area (Å²) in [4.78, 5) is 22.1. The summed E-state index contributed by atoms with van der Waals surface area (Å²) >= 11 is 0. The Balaban J connectivity index is 2.98. The summed E-state index contributed by atoms with van der Waals surface area (Å²) in [6.45, 7) is 3.96. The predicted molar refractivity (Wildman–Crippen MR) is 58.9 cm³/mol. The molecule has 16 heavy (non-hydrogen) atoms. The van der Waals surface area contributed by atoms with E-state index in [1.165, 1.54) is 6.08 Å². The van der Waals surface area contributed by atoms with Crippen LogP contribution in [0, 0.1) is 17.8 Å². The second-order valence-corrected chi connectivity index (χ2v) is 4.40. The molecule has 4 heteroatoms. The van der Waals surface area contributed by atoms with E-state index in [-0.39, 0.29) is 0 Å². The molecule has 88 valence electrons. The Morgan fingerprint density at radius 1 is 1.31 bits per heavy atom. The van der Waals surface area contributed by atoms with E-state index in [1.54, 1.807) is 12.2 Å². The SMILES string of the molecule is CC(C)CC1=CC=CC(C(=O)O)C1C(=O)O. The largest absolute Gasteiger partial charge is 0.481 e. The van der Waals surface area contributed by atoms with E-state index in [1.807, 2.05) is 13.8 Å². The van der Waals surface area contributed by atoms with Gasteiger partial charge in [-0.05, 0) is 12.3 Å². The quantitative estimate of drug-likeness (QED) is 0.765. The van der Waals surface area contributed by atoms with E-state index in [0.717, 1.165) is 0 Å². The third-order valence-electron chi connectivity index (χ3n) is 2.58. The van der Waals surface area contributed by atoms with Crippen molar-refractivity contribution in [1.29, 1.82) is 0 Å². The summed E-state index contributed by atoms with van der Waals surface area (Å²) in [7, 11) is 0. The highest BCUT2D eigenvalue weighted by Gasteiger charge is 2.36. The van der Waals surface area contributed by atoms with Crippen LogP contribution in [-0.2, 0) is 9.59 Å². The van der Waals surface area contributed by atoms with Crippen LogP contribution >= 0.6 is 0 Å². The molecule has 0 aromatic rings. The molecule has 0 saturated heterocycles. The first-order valence-corrected chi connectivity index (χ1v) is 5.26. The molecule has 2 unspecified atom stereocenters. The maximum atomic E-state index is 11.1. The fourth-order valence-electron chi connectivity index (χ4n) is 1.95. The summed E-state index contributed by atoms with van der Waals surface area (Å²) < 4.78 is 0. The van der Waals surface area contributed by atoms with Gasteiger partial charge in [0.2, 0.25) is 0 Å². The van der Waals surface area contributed by atoms with Crippen LogP contribution < -0.4 is 0 Å². The van der Waals surface area contributed by atoms with Gasteiger partial charge in [0, 0.05) is 0 Å². The molecular formula is C12H16O4. The van der Waals surface area contributed by atoms with Crippen LogP contribution in [0.3, 0.4) is 0 Å². The third kappa shape index (κ3) is 2.72. The van der Waals surface area contributed by atoms with Crippen molar-refractivity contribution in [3.63, 3.8) is 0 Å². The molecule has 0 aromatic heterocycles. The molecule has 4 nitrogen and oxygen atoms in total. The average molecular weight is 224 g/mol. The van der Waals surface area contributed by atoms with E-state index in [0.29, 0.717) is 17.9 Å². The molecule has 0 bridgehead atoms. The summed E-state index contributed by atoms with van der Waals surface area (Å²) in [5, 5.41) is 18.1. The number of hydrogen-bond acceptors (Lipinski definition) is 2. The van der Waals surface area contributed by atoms with Gasteiger partial charge in [0.1, 0.15) is 0 Å². The number of hydrogen-bond donors (Lipinski definition) is 2. The van der Waals surface area contributed by atoms with Crippen molar-refractivity contribution in [2.75, 3.05) is 0 Å². The summed E-state index contributed by atoms with van der Waals surface area (Å²) in [5.41, 5.74) is 0.692. The van der Waals surface area contributed by atoms with Crippen LogP contribution in [0.1, 0.15) is 20.3 Å². The summed E-state index contributed by atoms with van der Waals surface area (Å²) in [6, 6.07) is 0. The first-order valence-electron chi connectivity index (χ1n) is 5.26. The van der Waals surface area contributed by atoms with Gasteiger partial charge in [-0.2, -0.15) is 0 Å². The zero-order chi connectivity index (χ0) is 12.3. The van der Waals surface area contributed by atoms with Gasteiger partial charge in [0.05, 0.1) is 11.8 Å². The van der Waals surface area contributed by atoms with Crippen LogP contribution in [0.15, 0.2) is 23.8 Å². The first kappa shape index (κ1) is 12.5. The predicted octanol–water partition coefficient (Wildman–Crippen LogP) is 1.93. The summed E-state index contributed by atoms with van der Waals surface area (Å²) in [5.74, 6) is -3.71. The van der Waals surface area contributed by atoms with Crippen molar-refractivity contribution in [3.05, 3.63) is 23.8 Å². The van der Waals surface area contributed by atoms with Crippen molar-refractivity contribution < 1.29 is 19.8 Å². The zero-order valence-electron chi connectivity index (χ0n) is 9.38. The lowest BCUT2D eigenvalue weighted by Gasteiger charge is -2.24. The highest BCUT2D eigenvalue weighted by Crippen LogP contribution is 2.31. The molecular weight excluding hydrogens is 208 g/mol. The molecule has 1 aliphatic rings. The second-order valence-electron chi connectivity index (χ2n) is 4.40. The molecule has 1 rings (SSSR count). The lowest BCUT2D eigenvalue weighted by molar-refractivity contribution is -0.150. The number of allylic oxidation sites excluding steroid dienone is 2. The van der Waals surface area contributed by atoms with Crippen molar-refractivity contribution in [2.45, 2.75) is 20.3 Å². The molecule has 1 aliphatic carbocycles. The zero-order valence-corrected chi connectivity index (χ0v) is 9.38. The van der Waals surface area contributed by atoms with Gasteiger partial charge in [-0.25, -0.2) is 0 Å². The van der Waals surface area contributed by atoms with Crippen LogP contribution in [-0.4, -0.2) is 22.2 Å². The minimum absolute atomic E-state index is 0.314. The van der Waals surface area contributed by atoms with Crippen molar-refractivity contribution in [2.24, 2.45) is 17.8 Å². The smallest absolute Gasteiger partial charge is 0.311 e. The highest BCUT2D eigenvalue weighted by molar-refractivity contribution is 5.84. The Kier molecular flexibility index (Phi) is 3.88. The Hall–Kier alpha value is -1.58. The van der Waals surface area contributed by atoms with Gasteiger partial charge in [-0.15, -0.1) is 0 Å². The Morgan fingerprint density at radius 2 is 1.94 bits per heavy atom. The Bertz CT molecular complexity index is 352. The normalized spacial score (nSPS) is 24.3. The average Bonchev–Trinajstić information content (AvgIpc) is 2.15. The van der Waals surface area contributed by atoms with Gasteiger partial charge in [0.25, 0.3) is 0 Å². The van der Waals surface area contributed by atoms with E-state index in [4.69, 9.17) is 10.2 Å². The van der Waals surface area contributed by atoms with Crippen LogP contribution in [0.5, 0.6) is 0 Å². The number of carboxylic acid groups (broad SMARTS) is 2.